The minimum absolute atomic E-state index is 0.0968. The minimum atomic E-state index is -0.546. The highest BCUT2D eigenvalue weighted by Crippen LogP contribution is 2.38. The molecule has 4 rings (SSSR count). The van der Waals surface area contributed by atoms with Crippen molar-refractivity contribution in [3.63, 3.8) is 0 Å². The minimum Gasteiger partial charge on any atom is -0.457 e. The van der Waals surface area contributed by atoms with Gasteiger partial charge in [-0.05, 0) is 56.9 Å². The summed E-state index contributed by atoms with van der Waals surface area (Å²) < 4.78 is 7.52. The molecule has 2 aromatic rings. The van der Waals surface area contributed by atoms with Gasteiger partial charge in [0.2, 0.25) is 11.7 Å². The summed E-state index contributed by atoms with van der Waals surface area (Å²) in [5.74, 6) is -1.32. The first kappa shape index (κ1) is 20.4. The van der Waals surface area contributed by atoms with Gasteiger partial charge in [0, 0.05) is 41.6 Å². The summed E-state index contributed by atoms with van der Waals surface area (Å²) in [4.78, 5) is 39.2. The average molecular weight is 408 g/mol. The molecule has 1 atom stereocenters. The van der Waals surface area contributed by atoms with Crippen molar-refractivity contribution in [3.05, 3.63) is 52.8 Å². The van der Waals surface area contributed by atoms with Gasteiger partial charge >= 0.3 is 5.97 Å². The summed E-state index contributed by atoms with van der Waals surface area (Å²) in [7, 11) is 0. The lowest BCUT2D eigenvalue weighted by atomic mass is 10.1. The van der Waals surface area contributed by atoms with Crippen LogP contribution in [0.25, 0.3) is 0 Å². The second kappa shape index (κ2) is 8.09. The second-order valence-corrected chi connectivity index (χ2v) is 8.34. The number of ether oxygens (including phenoxy) is 1. The zero-order valence-corrected chi connectivity index (χ0v) is 17.8. The van der Waals surface area contributed by atoms with Gasteiger partial charge in [-0.1, -0.05) is 19.1 Å². The summed E-state index contributed by atoms with van der Waals surface area (Å²) in [5, 5.41) is 0. The third-order valence-electron chi connectivity index (χ3n) is 6.16. The highest BCUT2D eigenvalue weighted by molar-refractivity contribution is 6.01. The van der Waals surface area contributed by atoms with E-state index >= 15 is 0 Å². The predicted molar refractivity (Wildman–Crippen MR) is 114 cm³/mol. The van der Waals surface area contributed by atoms with E-state index in [1.165, 1.54) is 5.56 Å². The molecule has 0 radical (unpaired) electrons. The number of hydrogen-bond donors (Lipinski definition) is 0. The molecular weight excluding hydrogens is 380 g/mol. The Labute approximate surface area is 176 Å². The number of carbonyl (C=O) groups excluding carboxylic acids is 3. The first-order valence-electron chi connectivity index (χ1n) is 10.7. The molecule has 1 aliphatic heterocycles. The van der Waals surface area contributed by atoms with E-state index in [2.05, 4.69) is 11.5 Å². The Kier molecular flexibility index (Phi) is 5.50. The van der Waals surface area contributed by atoms with E-state index in [0.717, 1.165) is 36.3 Å². The molecule has 0 bridgehead atoms. The summed E-state index contributed by atoms with van der Waals surface area (Å²) >= 11 is 0. The largest absolute Gasteiger partial charge is 0.457 e. The highest BCUT2D eigenvalue weighted by Gasteiger charge is 2.36. The number of hydrogen-bond acceptors (Lipinski definition) is 4. The Morgan fingerprint density at radius 3 is 2.47 bits per heavy atom. The number of aromatic nitrogens is 1. The molecule has 0 N–H and O–H groups in total. The molecule has 30 heavy (non-hydrogen) atoms. The molecule has 0 unspecified atom stereocenters. The van der Waals surface area contributed by atoms with Crippen LogP contribution in [-0.2, 0) is 20.7 Å². The van der Waals surface area contributed by atoms with Gasteiger partial charge in [-0.3, -0.25) is 14.4 Å². The maximum Gasteiger partial charge on any atom is 0.311 e. The van der Waals surface area contributed by atoms with E-state index in [1.54, 1.807) is 4.90 Å². The lowest BCUT2D eigenvalue weighted by Crippen LogP contribution is -2.27. The first-order valence-corrected chi connectivity index (χ1v) is 10.7. The zero-order chi connectivity index (χ0) is 21.4. The number of benzene rings is 1. The van der Waals surface area contributed by atoms with Gasteiger partial charge in [0.25, 0.3) is 0 Å². The molecule has 1 aromatic heterocycles. The van der Waals surface area contributed by atoms with Crippen LogP contribution >= 0.6 is 0 Å². The monoisotopic (exact) mass is 408 g/mol. The Bertz CT molecular complexity index is 985. The van der Waals surface area contributed by atoms with Crippen LogP contribution in [-0.4, -0.2) is 35.4 Å². The molecule has 158 valence electrons. The number of amides is 1. The third kappa shape index (κ3) is 3.91. The number of esters is 1. The summed E-state index contributed by atoms with van der Waals surface area (Å²) in [5.41, 5.74) is 4.61. The van der Waals surface area contributed by atoms with Crippen LogP contribution in [0.4, 0.5) is 5.69 Å². The quantitative estimate of drug-likeness (QED) is 0.516. The lowest BCUT2D eigenvalue weighted by molar-refractivity contribution is -0.147. The molecule has 1 aliphatic carbocycles. The fraction of sp³-hybridized carbons (Fsp3) is 0.458. The van der Waals surface area contributed by atoms with Gasteiger partial charge < -0.3 is 14.2 Å². The van der Waals surface area contributed by atoms with Crippen LogP contribution in [0.3, 0.4) is 0 Å². The smallest absolute Gasteiger partial charge is 0.311 e. The van der Waals surface area contributed by atoms with Crippen LogP contribution in [0.1, 0.15) is 59.5 Å². The SMILES string of the molecule is CCc1ccc(N2C[C@@H](C(=O)OCC(=O)c3cc(C)n(C4CC4)c3C)CC2=O)cc1. The van der Waals surface area contributed by atoms with Gasteiger partial charge in [0.05, 0.1) is 5.92 Å². The summed E-state index contributed by atoms with van der Waals surface area (Å²) in [6, 6.07) is 10.2. The van der Waals surface area contributed by atoms with E-state index in [0.29, 0.717) is 11.6 Å². The van der Waals surface area contributed by atoms with Crippen LogP contribution in [0.15, 0.2) is 30.3 Å². The fourth-order valence-corrected chi connectivity index (χ4v) is 4.31. The summed E-state index contributed by atoms with van der Waals surface area (Å²) in [6.45, 7) is 6.02. The van der Waals surface area contributed by atoms with E-state index in [1.807, 2.05) is 44.2 Å². The Balaban J connectivity index is 1.36. The lowest BCUT2D eigenvalue weighted by Gasteiger charge is -2.17. The van der Waals surface area contributed by atoms with Crippen molar-refractivity contribution >= 4 is 23.3 Å². The van der Waals surface area contributed by atoms with Crippen LogP contribution < -0.4 is 4.90 Å². The molecule has 1 aromatic carbocycles. The average Bonchev–Trinajstić information content (AvgIpc) is 3.43. The Morgan fingerprint density at radius 1 is 1.13 bits per heavy atom. The molecule has 2 fully saturated rings. The van der Waals surface area contributed by atoms with E-state index in [4.69, 9.17) is 4.74 Å². The van der Waals surface area contributed by atoms with Crippen molar-refractivity contribution in [2.24, 2.45) is 5.92 Å². The van der Waals surface area contributed by atoms with Crippen molar-refractivity contribution < 1.29 is 19.1 Å². The van der Waals surface area contributed by atoms with E-state index in [-0.39, 0.29) is 31.3 Å². The van der Waals surface area contributed by atoms with Gasteiger partial charge in [-0.2, -0.15) is 0 Å². The topological polar surface area (TPSA) is 68.6 Å². The fourth-order valence-electron chi connectivity index (χ4n) is 4.31. The van der Waals surface area contributed by atoms with E-state index < -0.39 is 11.9 Å². The van der Waals surface area contributed by atoms with Crippen molar-refractivity contribution in [2.75, 3.05) is 18.1 Å². The predicted octanol–water partition coefficient (Wildman–Crippen LogP) is 3.78. The zero-order valence-electron chi connectivity index (χ0n) is 17.8. The van der Waals surface area contributed by atoms with Gasteiger partial charge in [-0.15, -0.1) is 0 Å². The third-order valence-corrected chi connectivity index (χ3v) is 6.16. The summed E-state index contributed by atoms with van der Waals surface area (Å²) in [6.07, 6.45) is 3.33. The Hall–Kier alpha value is -2.89. The molecule has 6 nitrogen and oxygen atoms in total. The molecule has 1 amide bonds. The number of anilines is 1. The molecule has 0 spiro atoms. The van der Waals surface area contributed by atoms with Gasteiger partial charge in [0.1, 0.15) is 0 Å². The van der Waals surface area contributed by atoms with Crippen LogP contribution in [0.2, 0.25) is 0 Å². The van der Waals surface area contributed by atoms with Crippen LogP contribution in [0, 0.1) is 19.8 Å². The molecular formula is C24H28N2O4. The number of rotatable bonds is 7. The molecule has 2 heterocycles. The van der Waals surface area contributed by atoms with Crippen molar-refractivity contribution in [1.29, 1.82) is 0 Å². The second-order valence-electron chi connectivity index (χ2n) is 8.34. The number of ketones is 1. The van der Waals surface area contributed by atoms with Crippen molar-refractivity contribution in [2.45, 2.75) is 52.5 Å². The Morgan fingerprint density at radius 2 is 1.83 bits per heavy atom. The first-order chi connectivity index (χ1) is 14.4. The normalized spacial score (nSPS) is 18.7. The molecule has 1 saturated heterocycles. The van der Waals surface area contributed by atoms with Gasteiger partial charge in [-0.25, -0.2) is 0 Å². The number of Topliss-reactive ketones (excluding diaryl/α,β-unsaturated/α-hetero) is 1. The maximum atomic E-state index is 12.6. The molecule has 6 heteroatoms. The van der Waals surface area contributed by atoms with Crippen molar-refractivity contribution in [1.82, 2.24) is 4.57 Å². The molecule has 2 aliphatic rings. The van der Waals surface area contributed by atoms with Crippen molar-refractivity contribution in [3.8, 4) is 0 Å². The van der Waals surface area contributed by atoms with Gasteiger partial charge in [0.15, 0.2) is 6.61 Å². The van der Waals surface area contributed by atoms with E-state index in [9.17, 15) is 14.4 Å². The highest BCUT2D eigenvalue weighted by atomic mass is 16.5. The number of nitrogens with zero attached hydrogens (tertiary/aromatic N) is 2. The maximum absolute atomic E-state index is 12.6. The standard InChI is InChI=1S/C24H28N2O4/c1-4-17-5-7-19(8-6-17)25-13-18(12-23(25)28)24(29)30-14-22(27)21-11-15(2)26(16(21)3)20-9-10-20/h5-8,11,18,20H,4,9-10,12-14H2,1-3H3/t18-/m0/s1. The molecule has 1 saturated carbocycles. The number of carbonyl (C=O) groups is 3. The number of aryl methyl sites for hydroxylation is 2. The van der Waals surface area contributed by atoms with Crippen LogP contribution in [0.5, 0.6) is 0 Å².